The quantitative estimate of drug-likeness (QED) is 0.220. The van der Waals surface area contributed by atoms with Gasteiger partial charge in [0.25, 0.3) is 0 Å². The maximum Gasteiger partial charge on any atom is 0.404 e. The smallest absolute Gasteiger partial charge is 0.404 e. The molecule has 4 aliphatic carbocycles. The van der Waals surface area contributed by atoms with Gasteiger partial charge in [0, 0.05) is 30.0 Å². The number of ether oxygens (including phenoxy) is 2. The lowest BCUT2D eigenvalue weighted by Crippen LogP contribution is -2.57. The number of benzene rings is 2. The standard InChI is InChI=1S/C32H34BrN5O6/c1-43-21-7-8-22(28(10-21)44-2)25-11-26(23-5-3-4-6-27(23)39)37(34-25)29(40)16-31-12-19-9-20(13-31)15-32(14-19,18-31)36-17-24(33)30(35-36)38(41)42/h3-8,10,17,19-20,26,39H,9,11-16,18H2,1-2H3/t19-,20-,26-,31?,32?/m0/s1. The van der Waals surface area contributed by atoms with Crippen molar-refractivity contribution < 1.29 is 24.3 Å². The van der Waals surface area contributed by atoms with E-state index in [2.05, 4.69) is 21.0 Å². The van der Waals surface area contributed by atoms with Gasteiger partial charge in [-0.25, -0.2) is 5.01 Å². The zero-order valence-electron chi connectivity index (χ0n) is 24.6. The number of para-hydroxylation sites is 1. The van der Waals surface area contributed by atoms with E-state index in [1.54, 1.807) is 43.6 Å². The van der Waals surface area contributed by atoms with Crippen molar-refractivity contribution in [1.82, 2.24) is 14.8 Å². The number of aromatic nitrogens is 2. The van der Waals surface area contributed by atoms with Gasteiger partial charge in [0.05, 0.1) is 42.8 Å². The molecule has 1 amide bonds. The first-order valence-corrected chi connectivity index (χ1v) is 15.7. The average molecular weight is 665 g/mol. The Hall–Kier alpha value is -3.93. The summed E-state index contributed by atoms with van der Waals surface area (Å²) < 4.78 is 13.2. The van der Waals surface area contributed by atoms with Crippen LogP contribution in [0.2, 0.25) is 0 Å². The van der Waals surface area contributed by atoms with E-state index in [1.807, 2.05) is 28.9 Å². The molecule has 11 nitrogen and oxygen atoms in total. The summed E-state index contributed by atoms with van der Waals surface area (Å²) in [5, 5.41) is 33.3. The van der Waals surface area contributed by atoms with E-state index in [9.17, 15) is 20.0 Å². The van der Waals surface area contributed by atoms with E-state index in [0.717, 1.165) is 44.1 Å². The van der Waals surface area contributed by atoms with Crippen LogP contribution in [0.3, 0.4) is 0 Å². The molecule has 1 N–H and O–H groups in total. The minimum Gasteiger partial charge on any atom is -0.508 e. The Bertz CT molecular complexity index is 1670. The average Bonchev–Trinajstić information content (AvgIpc) is 3.61. The molecule has 8 rings (SSSR count). The summed E-state index contributed by atoms with van der Waals surface area (Å²) in [6, 6.07) is 12.1. The van der Waals surface area contributed by atoms with E-state index in [0.29, 0.717) is 51.9 Å². The molecular weight excluding hydrogens is 630 g/mol. The van der Waals surface area contributed by atoms with Crippen molar-refractivity contribution in [3.05, 3.63) is 74.4 Å². The summed E-state index contributed by atoms with van der Waals surface area (Å²) in [7, 11) is 3.18. The highest BCUT2D eigenvalue weighted by Crippen LogP contribution is 2.65. The number of aromatic hydroxyl groups is 1. The summed E-state index contributed by atoms with van der Waals surface area (Å²) in [4.78, 5) is 25.5. The maximum atomic E-state index is 14.4. The number of hydrazone groups is 1. The number of rotatable bonds is 8. The molecule has 0 radical (unpaired) electrons. The minimum absolute atomic E-state index is 0.0922. The zero-order chi connectivity index (χ0) is 30.8. The number of hydrogen-bond donors (Lipinski definition) is 1. The van der Waals surface area contributed by atoms with Crippen LogP contribution < -0.4 is 9.47 Å². The molecule has 0 spiro atoms. The van der Waals surface area contributed by atoms with Gasteiger partial charge in [-0.3, -0.25) is 4.79 Å². The Morgan fingerprint density at radius 3 is 2.55 bits per heavy atom. The number of methoxy groups -OCH3 is 2. The van der Waals surface area contributed by atoms with Gasteiger partial charge in [0.1, 0.15) is 21.7 Å². The van der Waals surface area contributed by atoms with Crippen molar-refractivity contribution in [2.45, 2.75) is 62.9 Å². The number of phenols is 1. The minimum atomic E-state index is -0.474. The van der Waals surface area contributed by atoms with E-state index >= 15 is 0 Å². The second kappa shape index (κ2) is 10.6. The van der Waals surface area contributed by atoms with Crippen molar-refractivity contribution in [2.24, 2.45) is 22.4 Å². The molecule has 1 aliphatic heterocycles. The van der Waals surface area contributed by atoms with Gasteiger partial charge in [-0.15, -0.1) is 0 Å². The number of nitrogens with zero attached hydrogens (tertiary/aromatic N) is 5. The van der Waals surface area contributed by atoms with Crippen LogP contribution >= 0.6 is 15.9 Å². The highest BCUT2D eigenvalue weighted by atomic mass is 79.9. The van der Waals surface area contributed by atoms with E-state index in [4.69, 9.17) is 14.6 Å². The van der Waals surface area contributed by atoms with E-state index in [-0.39, 0.29) is 28.4 Å². The fraction of sp³-hybridized carbons (Fsp3) is 0.469. The molecule has 4 fully saturated rings. The number of nitro groups is 1. The molecule has 2 heterocycles. The second-order valence-corrected chi connectivity index (χ2v) is 13.8. The van der Waals surface area contributed by atoms with Gasteiger partial charge in [0.2, 0.25) is 5.91 Å². The van der Waals surface area contributed by atoms with Crippen LogP contribution in [0.5, 0.6) is 17.2 Å². The van der Waals surface area contributed by atoms with Crippen LogP contribution in [0, 0.1) is 27.4 Å². The molecule has 4 saturated carbocycles. The molecule has 3 atom stereocenters. The lowest BCUT2D eigenvalue weighted by molar-refractivity contribution is -0.390. The zero-order valence-corrected chi connectivity index (χ0v) is 26.2. The molecule has 5 aliphatic rings. The van der Waals surface area contributed by atoms with Crippen molar-refractivity contribution in [3.8, 4) is 17.2 Å². The summed E-state index contributed by atoms with van der Waals surface area (Å²) in [5.74, 6) is 1.96. The molecule has 0 saturated heterocycles. The predicted octanol–water partition coefficient (Wildman–Crippen LogP) is 6.34. The van der Waals surface area contributed by atoms with Gasteiger partial charge in [-0.1, -0.05) is 18.2 Å². The van der Waals surface area contributed by atoms with E-state index < -0.39 is 11.0 Å². The molecular formula is C32H34BrN5O6. The van der Waals surface area contributed by atoms with Gasteiger partial charge in [0.15, 0.2) is 0 Å². The van der Waals surface area contributed by atoms with E-state index in [1.165, 1.54) is 0 Å². The normalized spacial score (nSPS) is 28.7. The van der Waals surface area contributed by atoms with Crippen LogP contribution in [0.1, 0.15) is 68.5 Å². The van der Waals surface area contributed by atoms with Crippen LogP contribution in [-0.4, -0.2) is 50.7 Å². The Kier molecular flexibility index (Phi) is 6.95. The molecule has 3 aromatic rings. The number of amides is 1. The van der Waals surface area contributed by atoms with Crippen LogP contribution in [0.25, 0.3) is 0 Å². The largest absolute Gasteiger partial charge is 0.508 e. The fourth-order valence-electron chi connectivity index (χ4n) is 8.94. The number of carbonyl (C=O) groups excluding carboxylic acids is 1. The monoisotopic (exact) mass is 663 g/mol. The van der Waals surface area contributed by atoms with Gasteiger partial charge < -0.3 is 24.7 Å². The van der Waals surface area contributed by atoms with Crippen molar-refractivity contribution in [2.75, 3.05) is 14.2 Å². The highest BCUT2D eigenvalue weighted by molar-refractivity contribution is 9.10. The van der Waals surface area contributed by atoms with Crippen molar-refractivity contribution in [1.29, 1.82) is 0 Å². The summed E-state index contributed by atoms with van der Waals surface area (Å²) in [5.41, 5.74) is 1.50. The first-order valence-electron chi connectivity index (χ1n) is 14.9. The lowest BCUT2D eigenvalue weighted by Gasteiger charge is -2.61. The maximum absolute atomic E-state index is 14.4. The number of hydrogen-bond acceptors (Lipinski definition) is 8. The predicted molar refractivity (Wildman–Crippen MR) is 165 cm³/mol. The van der Waals surface area contributed by atoms with Crippen LogP contribution in [0.15, 0.2) is 58.2 Å². The van der Waals surface area contributed by atoms with Gasteiger partial charge >= 0.3 is 5.82 Å². The summed E-state index contributed by atoms with van der Waals surface area (Å²) in [6.07, 6.45) is 8.04. The SMILES string of the molecule is COc1ccc(C2=NN(C(=O)CC34C[C@@H]5C[C@@H](C3)CC(n3cc(Br)c([N+](=O)[O-])n3)(C5)C4)[C@H](c3ccccc3O)C2)c(OC)c1. The number of carbonyl (C=O) groups is 1. The molecule has 44 heavy (non-hydrogen) atoms. The molecule has 12 heteroatoms. The molecule has 0 unspecified atom stereocenters. The molecule has 2 aromatic carbocycles. The lowest BCUT2D eigenvalue weighted by atomic mass is 9.46. The highest BCUT2D eigenvalue weighted by Gasteiger charge is 2.61. The van der Waals surface area contributed by atoms with Crippen molar-refractivity contribution in [3.63, 3.8) is 0 Å². The summed E-state index contributed by atoms with van der Waals surface area (Å²) >= 11 is 3.34. The third-order valence-electron chi connectivity index (χ3n) is 10.2. The van der Waals surface area contributed by atoms with Crippen molar-refractivity contribution >= 4 is 33.4 Å². The Morgan fingerprint density at radius 1 is 1.14 bits per heavy atom. The Balaban J connectivity index is 1.23. The number of phenolic OH excluding ortho intramolecular Hbond substituents is 1. The topological polar surface area (TPSA) is 132 Å². The summed E-state index contributed by atoms with van der Waals surface area (Å²) in [6.45, 7) is 0. The third-order valence-corrected chi connectivity index (χ3v) is 10.7. The van der Waals surface area contributed by atoms with Gasteiger partial charge in [-0.2, -0.15) is 9.78 Å². The molecule has 230 valence electrons. The molecule has 4 bridgehead atoms. The first kappa shape index (κ1) is 28.8. The van der Waals surface area contributed by atoms with Gasteiger partial charge in [-0.05, 0) is 94.8 Å². The molecule has 1 aromatic heterocycles. The Labute approximate surface area is 263 Å². The Morgan fingerprint density at radius 2 is 1.89 bits per heavy atom. The van der Waals surface area contributed by atoms with Crippen LogP contribution in [-0.2, 0) is 10.3 Å². The second-order valence-electron chi connectivity index (χ2n) is 13.0. The third kappa shape index (κ3) is 4.74. The van der Waals surface area contributed by atoms with Crippen LogP contribution in [0.4, 0.5) is 5.82 Å². The first-order chi connectivity index (χ1) is 21.1. The number of halogens is 1. The fourth-order valence-corrected chi connectivity index (χ4v) is 9.36.